The molecule has 0 saturated carbocycles. The van der Waals surface area contributed by atoms with Crippen LogP contribution in [-0.4, -0.2) is 27.7 Å². The van der Waals surface area contributed by atoms with Crippen LogP contribution in [0.5, 0.6) is 0 Å². The van der Waals surface area contributed by atoms with Gasteiger partial charge < -0.3 is 15.1 Å². The second kappa shape index (κ2) is 3.16. The quantitative estimate of drug-likeness (QED) is 0.751. The molecule has 1 fully saturated rings. The Morgan fingerprint density at radius 2 is 1.77 bits per heavy atom. The minimum Gasteiger partial charge on any atom is -0.351 e. The number of fused-ring (bicyclic) bond motifs is 3. The second-order valence-electron chi connectivity index (χ2n) is 6.39. The van der Waals surface area contributed by atoms with E-state index in [2.05, 4.69) is 22.2 Å². The van der Waals surface area contributed by atoms with Crippen LogP contribution in [-0.2, 0) is 9.84 Å². The topological polar surface area (TPSA) is 62.6 Å². The van der Waals surface area contributed by atoms with E-state index in [4.69, 9.17) is 0 Å². The lowest BCUT2D eigenvalue weighted by atomic mass is 9.99. The molecule has 0 amide bonds. The molecule has 0 radical (unpaired) electrons. The van der Waals surface area contributed by atoms with E-state index in [0.29, 0.717) is 15.8 Å². The van der Waals surface area contributed by atoms with Crippen molar-refractivity contribution in [1.82, 2.24) is 5.32 Å². The molecule has 0 spiro atoms. The summed E-state index contributed by atoms with van der Waals surface area (Å²) in [4.78, 5) is 5.32. The average molecular weight is 311 g/mol. The molecular formula is C16H13N3O2S. The molecule has 0 aromatic heterocycles. The van der Waals surface area contributed by atoms with Crippen LogP contribution < -0.4 is 15.1 Å². The highest BCUT2D eigenvalue weighted by molar-refractivity contribution is 7.92. The van der Waals surface area contributed by atoms with Crippen LogP contribution in [0.15, 0.2) is 46.2 Å². The van der Waals surface area contributed by atoms with Gasteiger partial charge in [-0.05, 0) is 23.8 Å². The number of rotatable bonds is 0. The number of likely N-dealkylation sites (N-methyl/N-ethyl adjacent to an activating group) is 1. The van der Waals surface area contributed by atoms with Crippen molar-refractivity contribution in [3.63, 3.8) is 0 Å². The van der Waals surface area contributed by atoms with E-state index >= 15 is 0 Å². The average Bonchev–Trinajstić information content (AvgIpc) is 3.26. The lowest BCUT2D eigenvalue weighted by Crippen LogP contribution is -2.47. The fraction of sp³-hybridized carbons (Fsp3) is 0.250. The molecule has 0 bridgehead atoms. The van der Waals surface area contributed by atoms with Gasteiger partial charge in [0.2, 0.25) is 9.84 Å². The van der Waals surface area contributed by atoms with Crippen LogP contribution in [0.4, 0.5) is 17.1 Å². The standard InChI is InChI=1S/C16H13N3O2S/c1-18-9-5-3-7-11-15(9)19-14-8(12-13(17-12)16(18)19)4-2-6-10(14)22(11,20)21/h2-7,12-13,16-17H,1H3. The Bertz CT molecular complexity index is 985. The second-order valence-corrected chi connectivity index (χ2v) is 8.27. The summed E-state index contributed by atoms with van der Waals surface area (Å²) in [6.45, 7) is 0. The molecule has 5 nitrogen and oxygen atoms in total. The largest absolute Gasteiger partial charge is 0.351 e. The van der Waals surface area contributed by atoms with Gasteiger partial charge in [0, 0.05) is 7.05 Å². The van der Waals surface area contributed by atoms with Gasteiger partial charge in [-0.25, -0.2) is 8.42 Å². The zero-order chi connectivity index (χ0) is 14.8. The minimum absolute atomic E-state index is 0.158. The molecule has 2 aromatic carbocycles. The Kier molecular flexibility index (Phi) is 1.65. The number of hydrogen-bond acceptors (Lipinski definition) is 5. The number of sulfone groups is 1. The van der Waals surface area contributed by atoms with Crippen molar-refractivity contribution in [2.75, 3.05) is 16.8 Å². The molecule has 6 rings (SSSR count). The first-order valence-electron chi connectivity index (χ1n) is 7.40. The van der Waals surface area contributed by atoms with E-state index < -0.39 is 9.84 Å². The summed E-state index contributed by atoms with van der Waals surface area (Å²) >= 11 is 0. The molecule has 4 heterocycles. The molecule has 110 valence electrons. The van der Waals surface area contributed by atoms with Crippen molar-refractivity contribution < 1.29 is 8.42 Å². The van der Waals surface area contributed by atoms with Crippen molar-refractivity contribution in [2.24, 2.45) is 0 Å². The van der Waals surface area contributed by atoms with Gasteiger partial charge in [-0.2, -0.15) is 0 Å². The molecule has 3 unspecified atom stereocenters. The third-order valence-electron chi connectivity index (χ3n) is 5.39. The van der Waals surface area contributed by atoms with E-state index in [1.165, 1.54) is 0 Å². The SMILES string of the molecule is CN1c2cccc3c2N2c4c(cccc4S3(=O)=O)C3NC3C12. The van der Waals surface area contributed by atoms with Gasteiger partial charge in [-0.15, -0.1) is 0 Å². The third kappa shape index (κ3) is 0.996. The summed E-state index contributed by atoms with van der Waals surface area (Å²) in [6.07, 6.45) is 0.158. The molecule has 22 heavy (non-hydrogen) atoms. The first kappa shape index (κ1) is 11.5. The maximum atomic E-state index is 13.1. The predicted octanol–water partition coefficient (Wildman–Crippen LogP) is 1.77. The van der Waals surface area contributed by atoms with Crippen LogP contribution in [0.3, 0.4) is 0 Å². The predicted molar refractivity (Wildman–Crippen MR) is 82.3 cm³/mol. The smallest absolute Gasteiger partial charge is 0.210 e. The van der Waals surface area contributed by atoms with Crippen molar-refractivity contribution in [3.05, 3.63) is 42.0 Å². The van der Waals surface area contributed by atoms with E-state index in [1.807, 2.05) is 24.3 Å². The Balaban J connectivity index is 1.85. The molecule has 1 saturated heterocycles. The van der Waals surface area contributed by atoms with E-state index in [-0.39, 0.29) is 12.2 Å². The maximum absolute atomic E-state index is 13.1. The van der Waals surface area contributed by atoms with Gasteiger partial charge in [0.15, 0.2) is 0 Å². The Hall–Kier alpha value is -2.05. The molecular weight excluding hydrogens is 298 g/mol. The summed E-state index contributed by atoms with van der Waals surface area (Å²) < 4.78 is 26.1. The van der Waals surface area contributed by atoms with Crippen LogP contribution >= 0.6 is 0 Å². The molecule has 4 aliphatic heterocycles. The van der Waals surface area contributed by atoms with Crippen molar-refractivity contribution in [1.29, 1.82) is 0 Å². The molecule has 3 atom stereocenters. The molecule has 0 aliphatic carbocycles. The number of nitrogens with zero attached hydrogens (tertiary/aromatic N) is 2. The maximum Gasteiger partial charge on any atom is 0.210 e. The van der Waals surface area contributed by atoms with Gasteiger partial charge >= 0.3 is 0 Å². The van der Waals surface area contributed by atoms with E-state index in [0.717, 1.165) is 22.6 Å². The number of hydrogen-bond donors (Lipinski definition) is 1. The Morgan fingerprint density at radius 3 is 2.59 bits per heavy atom. The van der Waals surface area contributed by atoms with Crippen LogP contribution in [0.1, 0.15) is 11.6 Å². The van der Waals surface area contributed by atoms with Gasteiger partial charge in [0.25, 0.3) is 0 Å². The van der Waals surface area contributed by atoms with Gasteiger partial charge in [-0.1, -0.05) is 18.2 Å². The Morgan fingerprint density at radius 1 is 1.05 bits per heavy atom. The first-order valence-corrected chi connectivity index (χ1v) is 8.88. The fourth-order valence-corrected chi connectivity index (χ4v) is 6.11. The molecule has 1 N–H and O–H groups in total. The molecule has 4 aliphatic rings. The lowest BCUT2D eigenvalue weighted by Gasteiger charge is -2.38. The first-order chi connectivity index (χ1) is 10.6. The zero-order valence-corrected chi connectivity index (χ0v) is 12.6. The monoisotopic (exact) mass is 311 g/mol. The van der Waals surface area contributed by atoms with Crippen molar-refractivity contribution in [2.45, 2.75) is 28.0 Å². The highest BCUT2D eigenvalue weighted by atomic mass is 32.2. The van der Waals surface area contributed by atoms with Gasteiger partial charge in [0.05, 0.1) is 38.9 Å². The highest BCUT2D eigenvalue weighted by Gasteiger charge is 2.59. The van der Waals surface area contributed by atoms with Gasteiger partial charge in [-0.3, -0.25) is 0 Å². The number of para-hydroxylation sites is 2. The lowest BCUT2D eigenvalue weighted by molar-refractivity contribution is 0.584. The Labute approximate surface area is 128 Å². The summed E-state index contributed by atoms with van der Waals surface area (Å²) in [5, 5.41) is 3.52. The van der Waals surface area contributed by atoms with Crippen LogP contribution in [0, 0.1) is 0 Å². The van der Waals surface area contributed by atoms with Crippen LogP contribution in [0.2, 0.25) is 0 Å². The third-order valence-corrected chi connectivity index (χ3v) is 7.21. The van der Waals surface area contributed by atoms with Crippen molar-refractivity contribution >= 4 is 26.9 Å². The van der Waals surface area contributed by atoms with Gasteiger partial charge in [0.1, 0.15) is 6.17 Å². The van der Waals surface area contributed by atoms with E-state index in [9.17, 15) is 8.42 Å². The number of nitrogens with one attached hydrogen (secondary N) is 1. The summed E-state index contributed by atoms with van der Waals surface area (Å²) in [5.74, 6) is 0. The highest BCUT2D eigenvalue weighted by Crippen LogP contribution is 2.61. The fourth-order valence-electron chi connectivity index (χ4n) is 4.42. The number of anilines is 3. The molecule has 2 aromatic rings. The summed E-state index contributed by atoms with van der Waals surface area (Å²) in [6, 6.07) is 11.9. The summed E-state index contributed by atoms with van der Waals surface area (Å²) in [7, 11) is -1.40. The summed E-state index contributed by atoms with van der Waals surface area (Å²) in [5.41, 5.74) is 3.84. The van der Waals surface area contributed by atoms with Crippen molar-refractivity contribution in [3.8, 4) is 0 Å². The number of benzene rings is 2. The van der Waals surface area contributed by atoms with E-state index in [1.54, 1.807) is 12.1 Å². The minimum atomic E-state index is -3.45. The normalized spacial score (nSPS) is 30.9. The zero-order valence-electron chi connectivity index (χ0n) is 11.8. The van der Waals surface area contributed by atoms with Crippen LogP contribution in [0.25, 0.3) is 0 Å². The molecule has 6 heteroatoms.